The summed E-state index contributed by atoms with van der Waals surface area (Å²) in [5.41, 5.74) is -0.281. The van der Waals surface area contributed by atoms with E-state index in [1.165, 1.54) is 12.1 Å². The Morgan fingerprint density at radius 2 is 1.88 bits per heavy atom. The fourth-order valence-corrected chi connectivity index (χ4v) is 2.23. The zero-order valence-electron chi connectivity index (χ0n) is 10.1. The molecular weight excluding hydrogens is 206 g/mol. The molecule has 1 fully saturated rings. The summed E-state index contributed by atoms with van der Waals surface area (Å²) in [7, 11) is -0.275. The monoisotopic (exact) mass is 222 g/mol. The van der Waals surface area contributed by atoms with Crippen LogP contribution in [0.15, 0.2) is 24.3 Å². The van der Waals surface area contributed by atoms with Crippen molar-refractivity contribution in [3.8, 4) is 0 Å². The van der Waals surface area contributed by atoms with Crippen LogP contribution in [0.5, 0.6) is 0 Å². The highest BCUT2D eigenvalue weighted by Crippen LogP contribution is 2.44. The van der Waals surface area contributed by atoms with E-state index in [1.807, 2.05) is 33.7 Å². The fourth-order valence-electron chi connectivity index (χ4n) is 2.23. The lowest BCUT2D eigenvalue weighted by Crippen LogP contribution is -2.42. The van der Waals surface area contributed by atoms with Gasteiger partial charge in [0.25, 0.3) is 0 Å². The molecule has 1 saturated heterocycles. The highest BCUT2D eigenvalue weighted by molar-refractivity contribution is 6.43. The molecule has 2 rings (SSSR count). The predicted octanol–water partition coefficient (Wildman–Crippen LogP) is 2.98. The second-order valence-corrected chi connectivity index (χ2v) is 4.86. The molecule has 86 valence electrons. The van der Waals surface area contributed by atoms with Gasteiger partial charge in [0.15, 0.2) is 0 Å². The first-order valence-corrected chi connectivity index (χ1v) is 5.47. The van der Waals surface area contributed by atoms with Gasteiger partial charge in [-0.25, -0.2) is 4.39 Å². The lowest BCUT2D eigenvalue weighted by atomic mass is 9.81. The van der Waals surface area contributed by atoms with Gasteiger partial charge in [0, 0.05) is 0 Å². The van der Waals surface area contributed by atoms with Crippen LogP contribution in [-0.2, 0) is 14.9 Å². The maximum absolute atomic E-state index is 13.2. The molecule has 0 bridgehead atoms. The van der Waals surface area contributed by atoms with Crippen LogP contribution in [0.25, 0.3) is 0 Å². The minimum absolute atomic E-state index is 0.252. The lowest BCUT2D eigenvalue weighted by Gasteiger charge is -2.36. The van der Waals surface area contributed by atoms with Crippen molar-refractivity contribution in [1.82, 2.24) is 0 Å². The van der Waals surface area contributed by atoms with Crippen molar-refractivity contribution in [3.63, 3.8) is 0 Å². The first kappa shape index (κ1) is 11.6. The molecule has 1 atom stereocenters. The molecule has 1 heterocycles. The number of rotatable bonds is 1. The van der Waals surface area contributed by atoms with E-state index >= 15 is 0 Å². The Balaban J connectivity index is 2.46. The van der Waals surface area contributed by atoms with Crippen LogP contribution in [0.3, 0.4) is 0 Å². The molecule has 0 saturated carbocycles. The lowest BCUT2D eigenvalue weighted by molar-refractivity contribution is -0.0135. The summed E-state index contributed by atoms with van der Waals surface area (Å²) in [5, 5.41) is 0. The molecule has 16 heavy (non-hydrogen) atoms. The van der Waals surface area contributed by atoms with Crippen molar-refractivity contribution >= 4 is 7.12 Å². The highest BCUT2D eigenvalue weighted by Gasteiger charge is 2.53. The molecule has 0 radical (unpaired) electrons. The van der Waals surface area contributed by atoms with Crippen molar-refractivity contribution in [3.05, 3.63) is 35.6 Å². The zero-order chi connectivity index (χ0) is 12.0. The molecule has 1 aliphatic rings. The number of hydrogen-bond donors (Lipinski definition) is 0. The highest BCUT2D eigenvalue weighted by atomic mass is 19.1. The summed E-state index contributed by atoms with van der Waals surface area (Å²) in [6.45, 7) is 7.71. The summed E-state index contributed by atoms with van der Waals surface area (Å²) in [6, 6.07) is 6.49. The molecule has 1 aromatic carbocycles. The predicted molar refractivity (Wildman–Crippen MR) is 61.6 cm³/mol. The van der Waals surface area contributed by atoms with Crippen LogP contribution in [0.4, 0.5) is 4.39 Å². The molecular formula is C12H16BFO2. The van der Waals surface area contributed by atoms with Crippen LogP contribution >= 0.6 is 0 Å². The van der Waals surface area contributed by atoms with Crippen molar-refractivity contribution < 1.29 is 13.7 Å². The molecule has 0 N–H and O–H groups in total. The van der Waals surface area contributed by atoms with Gasteiger partial charge in [0.2, 0.25) is 0 Å². The van der Waals surface area contributed by atoms with E-state index < -0.39 is 11.2 Å². The third-order valence-electron chi connectivity index (χ3n) is 3.39. The van der Waals surface area contributed by atoms with Gasteiger partial charge >= 0.3 is 7.12 Å². The Bertz CT molecular complexity index is 408. The second kappa shape index (κ2) is 3.57. The summed E-state index contributed by atoms with van der Waals surface area (Å²) < 4.78 is 24.8. The van der Waals surface area contributed by atoms with E-state index in [9.17, 15) is 4.39 Å². The van der Waals surface area contributed by atoms with Crippen molar-refractivity contribution in [2.45, 2.75) is 38.8 Å². The Morgan fingerprint density at radius 1 is 1.19 bits per heavy atom. The van der Waals surface area contributed by atoms with Crippen molar-refractivity contribution in [1.29, 1.82) is 0 Å². The average Bonchev–Trinajstić information content (AvgIpc) is 2.36. The van der Waals surface area contributed by atoms with Crippen LogP contribution < -0.4 is 0 Å². The Labute approximate surface area is 95.9 Å². The SMILES string of the molecule is CB1OC(C)(C)C(C)(c2cccc(F)c2)O1. The topological polar surface area (TPSA) is 18.5 Å². The van der Waals surface area contributed by atoms with Gasteiger partial charge in [-0.2, -0.15) is 0 Å². The summed E-state index contributed by atoms with van der Waals surface area (Å²) in [6.07, 6.45) is 0. The fraction of sp³-hybridized carbons (Fsp3) is 0.500. The maximum Gasteiger partial charge on any atom is 0.454 e. The largest absolute Gasteiger partial charge is 0.454 e. The Morgan fingerprint density at radius 3 is 2.38 bits per heavy atom. The molecule has 1 aliphatic heterocycles. The van der Waals surface area contributed by atoms with Crippen LogP contribution in [0.1, 0.15) is 26.3 Å². The van der Waals surface area contributed by atoms with Gasteiger partial charge in [-0.05, 0) is 45.3 Å². The molecule has 0 amide bonds. The average molecular weight is 222 g/mol. The standard InChI is InChI=1S/C12H16BFO2/c1-11(2)12(3,16-13(4)15-11)9-6-5-7-10(14)8-9/h5-8H,1-4H3. The Kier molecular flexibility index (Phi) is 2.59. The van der Waals surface area contributed by atoms with Gasteiger partial charge in [0.05, 0.1) is 5.60 Å². The number of halogens is 1. The minimum Gasteiger partial charge on any atom is -0.403 e. The van der Waals surface area contributed by atoms with Gasteiger partial charge in [-0.15, -0.1) is 0 Å². The minimum atomic E-state index is -0.617. The van der Waals surface area contributed by atoms with E-state index in [0.29, 0.717) is 0 Å². The zero-order valence-corrected chi connectivity index (χ0v) is 10.1. The molecule has 1 unspecified atom stereocenters. The maximum atomic E-state index is 13.2. The quantitative estimate of drug-likeness (QED) is 0.680. The van der Waals surface area contributed by atoms with E-state index in [1.54, 1.807) is 6.07 Å². The summed E-state index contributed by atoms with van der Waals surface area (Å²) in [5.74, 6) is -0.252. The van der Waals surface area contributed by atoms with E-state index in [0.717, 1.165) is 5.56 Å². The van der Waals surface area contributed by atoms with E-state index in [2.05, 4.69) is 0 Å². The molecule has 2 nitrogen and oxygen atoms in total. The molecule has 0 aromatic heterocycles. The summed E-state index contributed by atoms with van der Waals surface area (Å²) >= 11 is 0. The smallest absolute Gasteiger partial charge is 0.403 e. The van der Waals surface area contributed by atoms with E-state index in [-0.39, 0.29) is 12.9 Å². The normalized spacial score (nSPS) is 28.4. The Hall–Kier alpha value is -0.865. The van der Waals surface area contributed by atoms with Crippen LogP contribution in [-0.4, -0.2) is 12.7 Å². The van der Waals surface area contributed by atoms with Gasteiger partial charge in [-0.3, -0.25) is 0 Å². The van der Waals surface area contributed by atoms with Gasteiger partial charge in [0.1, 0.15) is 11.4 Å². The van der Waals surface area contributed by atoms with Gasteiger partial charge in [-0.1, -0.05) is 12.1 Å². The number of hydrogen-bond acceptors (Lipinski definition) is 2. The van der Waals surface area contributed by atoms with Crippen molar-refractivity contribution in [2.24, 2.45) is 0 Å². The first-order valence-electron chi connectivity index (χ1n) is 5.47. The van der Waals surface area contributed by atoms with Crippen molar-refractivity contribution in [2.75, 3.05) is 0 Å². The van der Waals surface area contributed by atoms with Gasteiger partial charge < -0.3 is 9.31 Å². The van der Waals surface area contributed by atoms with E-state index in [4.69, 9.17) is 9.31 Å². The van der Waals surface area contributed by atoms with Crippen LogP contribution in [0.2, 0.25) is 6.82 Å². The number of benzene rings is 1. The molecule has 4 heteroatoms. The third-order valence-corrected chi connectivity index (χ3v) is 3.39. The van der Waals surface area contributed by atoms with Crippen LogP contribution in [0, 0.1) is 5.82 Å². The third kappa shape index (κ3) is 1.66. The molecule has 1 aromatic rings. The summed E-state index contributed by atoms with van der Waals surface area (Å²) in [4.78, 5) is 0. The second-order valence-electron chi connectivity index (χ2n) is 4.86. The molecule has 0 spiro atoms. The first-order chi connectivity index (χ1) is 7.35. The molecule has 0 aliphatic carbocycles.